The number of amides is 1. The van der Waals surface area contributed by atoms with Crippen molar-refractivity contribution in [1.29, 1.82) is 0 Å². The van der Waals surface area contributed by atoms with Crippen molar-refractivity contribution in [1.82, 2.24) is 9.88 Å². The van der Waals surface area contributed by atoms with E-state index in [9.17, 15) is 4.79 Å². The van der Waals surface area contributed by atoms with Gasteiger partial charge in [-0.05, 0) is 23.3 Å². The lowest BCUT2D eigenvalue weighted by Gasteiger charge is -2.17. The van der Waals surface area contributed by atoms with Gasteiger partial charge in [0.1, 0.15) is 6.61 Å². The first kappa shape index (κ1) is 17.6. The first-order valence-corrected chi connectivity index (χ1v) is 8.56. The van der Waals surface area contributed by atoms with E-state index < -0.39 is 0 Å². The molecule has 1 aliphatic rings. The van der Waals surface area contributed by atoms with Crippen LogP contribution in [0.3, 0.4) is 0 Å². The van der Waals surface area contributed by atoms with Gasteiger partial charge in [0.15, 0.2) is 0 Å². The molecule has 0 bridgehead atoms. The highest BCUT2D eigenvalue weighted by Gasteiger charge is 2.35. The Balaban J connectivity index is 1.56. The normalized spacial score (nSPS) is 20.0. The maximum absolute atomic E-state index is 12.5. The van der Waals surface area contributed by atoms with E-state index in [1.54, 1.807) is 19.5 Å². The fraction of sp³-hybridized carbons (Fsp3) is 0.400. The molecule has 132 valence electrons. The lowest BCUT2D eigenvalue weighted by molar-refractivity contribution is -0.135. The minimum absolute atomic E-state index is 0.0357. The Labute approximate surface area is 148 Å². The maximum atomic E-state index is 12.5. The Morgan fingerprint density at radius 2 is 1.92 bits per heavy atom. The lowest BCUT2D eigenvalue weighted by Crippen LogP contribution is -2.32. The predicted octanol–water partition coefficient (Wildman–Crippen LogP) is 2.49. The van der Waals surface area contributed by atoms with Gasteiger partial charge in [0, 0.05) is 44.4 Å². The molecular formula is C20H24N2O3. The Morgan fingerprint density at radius 1 is 1.16 bits per heavy atom. The van der Waals surface area contributed by atoms with Gasteiger partial charge in [0.05, 0.1) is 13.2 Å². The van der Waals surface area contributed by atoms with Gasteiger partial charge < -0.3 is 14.4 Å². The summed E-state index contributed by atoms with van der Waals surface area (Å²) in [7, 11) is 1.71. The number of aromatic nitrogens is 1. The van der Waals surface area contributed by atoms with Crippen LogP contribution in [0.2, 0.25) is 0 Å². The summed E-state index contributed by atoms with van der Waals surface area (Å²) in [6, 6.07) is 13.9. The quantitative estimate of drug-likeness (QED) is 0.777. The molecule has 0 aliphatic carbocycles. The molecule has 0 spiro atoms. The van der Waals surface area contributed by atoms with Crippen molar-refractivity contribution in [3.05, 3.63) is 66.0 Å². The van der Waals surface area contributed by atoms with E-state index in [2.05, 4.69) is 4.98 Å². The van der Waals surface area contributed by atoms with Crippen molar-refractivity contribution in [2.75, 3.05) is 33.4 Å². The Kier molecular flexibility index (Phi) is 6.14. The Hall–Kier alpha value is -2.24. The van der Waals surface area contributed by atoms with Crippen LogP contribution in [0.15, 0.2) is 54.9 Å². The molecule has 1 saturated heterocycles. The molecule has 25 heavy (non-hydrogen) atoms. The summed E-state index contributed by atoms with van der Waals surface area (Å²) >= 11 is 0. The van der Waals surface area contributed by atoms with Crippen LogP contribution in [0.25, 0.3) is 0 Å². The summed E-state index contributed by atoms with van der Waals surface area (Å²) in [5.74, 6) is 0.611. The number of ether oxygens (including phenoxy) is 2. The second-order valence-corrected chi connectivity index (χ2v) is 6.38. The van der Waals surface area contributed by atoms with Crippen molar-refractivity contribution >= 4 is 5.91 Å². The van der Waals surface area contributed by atoms with Gasteiger partial charge >= 0.3 is 0 Å². The summed E-state index contributed by atoms with van der Waals surface area (Å²) in [6.07, 6.45) is 3.60. The first-order valence-electron chi connectivity index (χ1n) is 8.56. The SMILES string of the molecule is COC[C@@H]1CN(C(=O)COCc2ccccc2)C[C@H]1c1ccncc1. The largest absolute Gasteiger partial charge is 0.384 e. The molecule has 1 aromatic heterocycles. The van der Waals surface area contributed by atoms with E-state index in [1.807, 2.05) is 47.4 Å². The van der Waals surface area contributed by atoms with E-state index in [4.69, 9.17) is 9.47 Å². The maximum Gasteiger partial charge on any atom is 0.248 e. The van der Waals surface area contributed by atoms with Gasteiger partial charge in [0.25, 0.3) is 0 Å². The van der Waals surface area contributed by atoms with Crippen molar-refractivity contribution in [3.8, 4) is 0 Å². The van der Waals surface area contributed by atoms with Crippen molar-refractivity contribution in [2.24, 2.45) is 5.92 Å². The minimum Gasteiger partial charge on any atom is -0.384 e. The second kappa shape index (κ2) is 8.74. The number of likely N-dealkylation sites (tertiary alicyclic amines) is 1. The zero-order chi connectivity index (χ0) is 17.5. The van der Waals surface area contributed by atoms with Crippen LogP contribution in [0, 0.1) is 5.92 Å². The van der Waals surface area contributed by atoms with Crippen LogP contribution in [-0.2, 0) is 20.9 Å². The molecule has 2 aromatic rings. The summed E-state index contributed by atoms with van der Waals surface area (Å²) in [5, 5.41) is 0. The molecule has 1 aliphatic heterocycles. The fourth-order valence-corrected chi connectivity index (χ4v) is 3.37. The second-order valence-electron chi connectivity index (χ2n) is 6.38. The molecule has 5 nitrogen and oxygen atoms in total. The number of pyridine rings is 1. The topological polar surface area (TPSA) is 51.7 Å². The standard InChI is InChI=1S/C20H24N2O3/c1-24-14-18-11-22(12-19(18)17-7-9-21-10-8-17)20(23)15-25-13-16-5-3-2-4-6-16/h2-10,18-19H,11-15H2,1H3/t18-,19-/m0/s1. The van der Waals surface area contributed by atoms with Crippen LogP contribution in [0.5, 0.6) is 0 Å². The summed E-state index contributed by atoms with van der Waals surface area (Å²) in [6.45, 7) is 2.61. The molecule has 0 radical (unpaired) electrons. The van der Waals surface area contributed by atoms with E-state index in [0.29, 0.717) is 32.2 Å². The third kappa shape index (κ3) is 4.65. The van der Waals surface area contributed by atoms with Gasteiger partial charge in [-0.2, -0.15) is 0 Å². The molecule has 0 N–H and O–H groups in total. The predicted molar refractivity (Wildman–Crippen MR) is 95.0 cm³/mol. The highest BCUT2D eigenvalue weighted by atomic mass is 16.5. The molecule has 3 rings (SSSR count). The molecule has 0 unspecified atom stereocenters. The molecule has 1 fully saturated rings. The molecular weight excluding hydrogens is 316 g/mol. The number of hydrogen-bond acceptors (Lipinski definition) is 4. The number of nitrogens with zero attached hydrogens (tertiary/aromatic N) is 2. The Morgan fingerprint density at radius 3 is 2.64 bits per heavy atom. The smallest absolute Gasteiger partial charge is 0.248 e. The number of carbonyl (C=O) groups excluding carboxylic acids is 1. The van der Waals surface area contributed by atoms with Crippen LogP contribution >= 0.6 is 0 Å². The summed E-state index contributed by atoms with van der Waals surface area (Å²) in [5.41, 5.74) is 2.28. The first-order chi connectivity index (χ1) is 12.3. The fourth-order valence-electron chi connectivity index (χ4n) is 3.37. The van der Waals surface area contributed by atoms with Gasteiger partial charge in [-0.3, -0.25) is 9.78 Å². The van der Waals surface area contributed by atoms with Gasteiger partial charge in [-0.25, -0.2) is 0 Å². The average molecular weight is 340 g/mol. The monoisotopic (exact) mass is 340 g/mol. The average Bonchev–Trinajstić information content (AvgIpc) is 3.08. The number of rotatable bonds is 7. The van der Waals surface area contributed by atoms with Crippen LogP contribution in [0.4, 0.5) is 0 Å². The zero-order valence-corrected chi connectivity index (χ0v) is 14.5. The lowest BCUT2D eigenvalue weighted by atomic mass is 9.90. The minimum atomic E-state index is 0.0357. The third-order valence-electron chi connectivity index (χ3n) is 4.65. The van der Waals surface area contributed by atoms with Gasteiger partial charge in [-0.1, -0.05) is 30.3 Å². The van der Waals surface area contributed by atoms with E-state index in [1.165, 1.54) is 5.56 Å². The van der Waals surface area contributed by atoms with Gasteiger partial charge in [0.2, 0.25) is 5.91 Å². The van der Waals surface area contributed by atoms with Crippen LogP contribution in [-0.4, -0.2) is 49.2 Å². The third-order valence-corrected chi connectivity index (χ3v) is 4.65. The molecule has 2 heterocycles. The number of benzene rings is 1. The van der Waals surface area contributed by atoms with Crippen molar-refractivity contribution < 1.29 is 14.3 Å². The summed E-state index contributed by atoms with van der Waals surface area (Å²) in [4.78, 5) is 18.5. The van der Waals surface area contributed by atoms with E-state index in [-0.39, 0.29) is 18.4 Å². The molecule has 1 aromatic carbocycles. The molecule has 5 heteroatoms. The van der Waals surface area contributed by atoms with E-state index >= 15 is 0 Å². The molecule has 2 atom stereocenters. The highest BCUT2D eigenvalue weighted by molar-refractivity contribution is 5.78. The highest BCUT2D eigenvalue weighted by Crippen LogP contribution is 2.32. The van der Waals surface area contributed by atoms with Gasteiger partial charge in [-0.15, -0.1) is 0 Å². The molecule has 0 saturated carbocycles. The van der Waals surface area contributed by atoms with Crippen molar-refractivity contribution in [3.63, 3.8) is 0 Å². The Bertz CT molecular complexity index is 663. The van der Waals surface area contributed by atoms with Crippen molar-refractivity contribution in [2.45, 2.75) is 12.5 Å². The number of carbonyl (C=O) groups is 1. The zero-order valence-electron chi connectivity index (χ0n) is 14.5. The van der Waals surface area contributed by atoms with Crippen LogP contribution < -0.4 is 0 Å². The number of methoxy groups -OCH3 is 1. The van der Waals surface area contributed by atoms with E-state index in [0.717, 1.165) is 5.56 Å². The number of hydrogen-bond donors (Lipinski definition) is 0. The van der Waals surface area contributed by atoms with Crippen LogP contribution in [0.1, 0.15) is 17.0 Å². The summed E-state index contributed by atoms with van der Waals surface area (Å²) < 4.78 is 11.0. The molecule has 1 amide bonds.